The quantitative estimate of drug-likeness (QED) is 0.201. The smallest absolute Gasteiger partial charge is 0.143 e. The summed E-state index contributed by atoms with van der Waals surface area (Å²) in [5.41, 5.74) is 9.16. The lowest BCUT2D eigenvalue weighted by Gasteiger charge is -2.19. The van der Waals surface area contributed by atoms with E-state index in [4.69, 9.17) is 4.42 Å². The van der Waals surface area contributed by atoms with E-state index in [-0.39, 0.29) is 0 Å². The summed E-state index contributed by atoms with van der Waals surface area (Å²) in [5, 5.41) is 9.53. The summed E-state index contributed by atoms with van der Waals surface area (Å²) in [4.78, 5) is 0. The van der Waals surface area contributed by atoms with Crippen LogP contribution in [0.4, 0.5) is 0 Å². The minimum atomic E-state index is 0.932. The number of rotatable bonds is 3. The summed E-state index contributed by atoms with van der Waals surface area (Å²) >= 11 is 0. The zero-order chi connectivity index (χ0) is 28.3. The van der Waals surface area contributed by atoms with Crippen LogP contribution in [0.25, 0.3) is 87.6 Å². The highest BCUT2D eigenvalue weighted by molar-refractivity contribution is 6.25. The number of para-hydroxylation sites is 1. The molecule has 8 aromatic carbocycles. The van der Waals surface area contributed by atoms with Gasteiger partial charge in [0.15, 0.2) is 0 Å². The average Bonchev–Trinajstić information content (AvgIpc) is 3.47. The fourth-order valence-electron chi connectivity index (χ4n) is 7.00. The first-order valence-electron chi connectivity index (χ1n) is 14.8. The Morgan fingerprint density at radius 3 is 1.47 bits per heavy atom. The van der Waals surface area contributed by atoms with Crippen LogP contribution < -0.4 is 0 Å². The maximum Gasteiger partial charge on any atom is 0.143 e. The second kappa shape index (κ2) is 9.44. The molecule has 0 fully saturated rings. The Bertz CT molecular complexity index is 2440. The van der Waals surface area contributed by atoms with Crippen molar-refractivity contribution in [3.63, 3.8) is 0 Å². The number of hydrogen-bond donors (Lipinski definition) is 0. The van der Waals surface area contributed by atoms with Gasteiger partial charge in [-0.15, -0.1) is 0 Å². The van der Waals surface area contributed by atoms with Crippen LogP contribution >= 0.6 is 0 Å². The summed E-state index contributed by atoms with van der Waals surface area (Å²) < 4.78 is 6.84. The fourth-order valence-corrected chi connectivity index (χ4v) is 7.00. The summed E-state index contributed by atoms with van der Waals surface area (Å²) in [7, 11) is 0. The monoisotopic (exact) mass is 546 g/mol. The third-order valence-corrected chi connectivity index (χ3v) is 8.87. The fraction of sp³-hybridized carbons (Fsp3) is 0. The van der Waals surface area contributed by atoms with Gasteiger partial charge in [0.1, 0.15) is 11.2 Å². The molecule has 0 radical (unpaired) electrons. The van der Waals surface area contributed by atoms with Gasteiger partial charge in [0.25, 0.3) is 0 Å². The standard InChI is InChI=1S/C42H26O/c1-2-13-27(14-3-1)29-16-6-7-18-31(29)39-32-19-8-10-21-34(32)40(35-22-11-9-20-33(35)39)38-24-12-23-36-37-26-25-28-15-4-5-17-30(28)41(37)43-42(36)38/h1-26H. The van der Waals surface area contributed by atoms with Crippen molar-refractivity contribution < 1.29 is 4.42 Å². The molecule has 9 rings (SSSR count). The highest BCUT2D eigenvalue weighted by atomic mass is 16.3. The Kier molecular flexibility index (Phi) is 5.27. The van der Waals surface area contributed by atoms with Crippen LogP contribution in [0, 0.1) is 0 Å². The van der Waals surface area contributed by atoms with Crippen LogP contribution in [0.15, 0.2) is 162 Å². The first-order chi connectivity index (χ1) is 21.4. The maximum atomic E-state index is 6.84. The molecule has 0 saturated carbocycles. The van der Waals surface area contributed by atoms with Gasteiger partial charge in [0, 0.05) is 27.3 Å². The minimum absolute atomic E-state index is 0.932. The number of furan rings is 1. The Morgan fingerprint density at radius 1 is 0.279 bits per heavy atom. The lowest BCUT2D eigenvalue weighted by atomic mass is 9.83. The zero-order valence-corrected chi connectivity index (χ0v) is 23.4. The van der Waals surface area contributed by atoms with Gasteiger partial charge in [-0.2, -0.15) is 0 Å². The van der Waals surface area contributed by atoms with Crippen LogP contribution in [-0.4, -0.2) is 0 Å². The van der Waals surface area contributed by atoms with Gasteiger partial charge in [0.2, 0.25) is 0 Å². The topological polar surface area (TPSA) is 13.1 Å². The predicted molar refractivity (Wildman–Crippen MR) is 183 cm³/mol. The van der Waals surface area contributed by atoms with Crippen molar-refractivity contribution in [2.45, 2.75) is 0 Å². The van der Waals surface area contributed by atoms with Crippen LogP contribution in [0.3, 0.4) is 0 Å². The summed E-state index contributed by atoms with van der Waals surface area (Å²) in [6, 6.07) is 56.6. The van der Waals surface area contributed by atoms with Gasteiger partial charge < -0.3 is 4.42 Å². The van der Waals surface area contributed by atoms with E-state index in [1.165, 1.54) is 54.7 Å². The molecule has 43 heavy (non-hydrogen) atoms. The second-order valence-corrected chi connectivity index (χ2v) is 11.2. The van der Waals surface area contributed by atoms with Gasteiger partial charge in [-0.3, -0.25) is 0 Å². The molecule has 1 heterocycles. The van der Waals surface area contributed by atoms with E-state index in [2.05, 4.69) is 158 Å². The minimum Gasteiger partial charge on any atom is -0.455 e. The van der Waals surface area contributed by atoms with Crippen molar-refractivity contribution in [2.75, 3.05) is 0 Å². The van der Waals surface area contributed by atoms with E-state index in [1.807, 2.05) is 0 Å². The molecule has 0 spiro atoms. The summed E-state index contributed by atoms with van der Waals surface area (Å²) in [6.07, 6.45) is 0. The molecule has 0 saturated heterocycles. The zero-order valence-electron chi connectivity index (χ0n) is 23.4. The van der Waals surface area contributed by atoms with Crippen LogP contribution in [0.1, 0.15) is 0 Å². The number of benzene rings is 8. The van der Waals surface area contributed by atoms with E-state index < -0.39 is 0 Å². The third kappa shape index (κ3) is 3.58. The molecule has 1 aromatic heterocycles. The molecule has 1 heteroatoms. The van der Waals surface area contributed by atoms with E-state index in [0.717, 1.165) is 32.9 Å². The molecular weight excluding hydrogens is 520 g/mol. The lowest BCUT2D eigenvalue weighted by molar-refractivity contribution is 0.674. The molecule has 0 aliphatic heterocycles. The molecule has 0 N–H and O–H groups in total. The number of hydrogen-bond acceptors (Lipinski definition) is 1. The van der Waals surface area contributed by atoms with Crippen molar-refractivity contribution >= 4 is 54.3 Å². The van der Waals surface area contributed by atoms with Crippen molar-refractivity contribution in [3.8, 4) is 33.4 Å². The Hall–Kier alpha value is -5.66. The Morgan fingerprint density at radius 2 is 0.767 bits per heavy atom. The maximum absolute atomic E-state index is 6.84. The van der Waals surface area contributed by atoms with Gasteiger partial charge in [0.05, 0.1) is 0 Å². The van der Waals surface area contributed by atoms with Crippen molar-refractivity contribution in [1.82, 2.24) is 0 Å². The normalized spacial score (nSPS) is 11.7. The first-order valence-corrected chi connectivity index (χ1v) is 14.8. The molecule has 0 atom stereocenters. The van der Waals surface area contributed by atoms with Gasteiger partial charge >= 0.3 is 0 Å². The largest absolute Gasteiger partial charge is 0.455 e. The summed E-state index contributed by atoms with van der Waals surface area (Å²) in [6.45, 7) is 0. The third-order valence-electron chi connectivity index (χ3n) is 8.87. The van der Waals surface area contributed by atoms with Gasteiger partial charge in [-0.1, -0.05) is 152 Å². The van der Waals surface area contributed by atoms with Crippen molar-refractivity contribution in [1.29, 1.82) is 0 Å². The molecule has 0 amide bonds. The molecule has 200 valence electrons. The average molecular weight is 547 g/mol. The Labute approximate surface area is 249 Å². The van der Waals surface area contributed by atoms with E-state index >= 15 is 0 Å². The molecule has 9 aromatic rings. The van der Waals surface area contributed by atoms with Crippen LogP contribution in [-0.2, 0) is 0 Å². The SMILES string of the molecule is c1ccc(-c2ccccc2-c2c3ccccc3c(-c3cccc4c3oc3c5ccccc5ccc43)c3ccccc23)cc1. The van der Waals surface area contributed by atoms with Crippen molar-refractivity contribution in [2.24, 2.45) is 0 Å². The molecular formula is C42H26O. The molecule has 1 nitrogen and oxygen atoms in total. The predicted octanol–water partition coefficient (Wildman–Crippen LogP) is 12.0. The van der Waals surface area contributed by atoms with E-state index in [0.29, 0.717) is 0 Å². The Balaban J connectivity index is 1.42. The van der Waals surface area contributed by atoms with Crippen molar-refractivity contribution in [3.05, 3.63) is 158 Å². The van der Waals surface area contributed by atoms with Crippen LogP contribution in [0.5, 0.6) is 0 Å². The lowest BCUT2D eigenvalue weighted by Crippen LogP contribution is -1.92. The highest BCUT2D eigenvalue weighted by Gasteiger charge is 2.21. The second-order valence-electron chi connectivity index (χ2n) is 11.2. The highest BCUT2D eigenvalue weighted by Crippen LogP contribution is 2.48. The van der Waals surface area contributed by atoms with E-state index in [9.17, 15) is 0 Å². The molecule has 0 bridgehead atoms. The van der Waals surface area contributed by atoms with Gasteiger partial charge in [-0.25, -0.2) is 0 Å². The first kappa shape index (κ1) is 24.0. The number of fused-ring (bicyclic) bond motifs is 7. The molecule has 0 aliphatic carbocycles. The van der Waals surface area contributed by atoms with Gasteiger partial charge in [-0.05, 0) is 55.3 Å². The summed E-state index contributed by atoms with van der Waals surface area (Å²) in [5.74, 6) is 0. The van der Waals surface area contributed by atoms with E-state index in [1.54, 1.807) is 0 Å². The molecule has 0 aliphatic rings. The van der Waals surface area contributed by atoms with Crippen LogP contribution in [0.2, 0.25) is 0 Å². The molecule has 0 unspecified atom stereocenters.